The summed E-state index contributed by atoms with van der Waals surface area (Å²) in [6.45, 7) is 1.70. The van der Waals surface area contributed by atoms with E-state index in [1.54, 1.807) is 4.57 Å². The smallest absolute Gasteiger partial charge is 0.168 e. The molecule has 1 aromatic carbocycles. The molecule has 0 bridgehead atoms. The number of H-pyrrole nitrogens is 1. The summed E-state index contributed by atoms with van der Waals surface area (Å²) in [7, 11) is 0. The summed E-state index contributed by atoms with van der Waals surface area (Å²) in [4.78, 5) is 16.3. The van der Waals surface area contributed by atoms with Crippen molar-refractivity contribution in [2.75, 3.05) is 18.5 Å². The Morgan fingerprint density at radius 1 is 1.26 bits per heavy atom. The van der Waals surface area contributed by atoms with Crippen molar-refractivity contribution in [3.8, 4) is 0 Å². The predicted molar refractivity (Wildman–Crippen MR) is 113 cm³/mol. The van der Waals surface area contributed by atoms with Crippen LogP contribution in [0.25, 0.3) is 22.1 Å². The van der Waals surface area contributed by atoms with E-state index in [2.05, 4.69) is 31.3 Å². The van der Waals surface area contributed by atoms with Gasteiger partial charge in [-0.25, -0.2) is 15.0 Å². The van der Waals surface area contributed by atoms with Crippen LogP contribution >= 0.6 is 0 Å². The predicted octanol–water partition coefficient (Wildman–Crippen LogP) is 0.964. The van der Waals surface area contributed by atoms with E-state index in [1.165, 1.54) is 30.5 Å². The number of aromatic nitrogens is 5. The Balaban J connectivity index is 1.37. The van der Waals surface area contributed by atoms with Crippen LogP contribution in [-0.4, -0.2) is 70.8 Å². The van der Waals surface area contributed by atoms with Crippen LogP contribution in [-0.2, 0) is 11.2 Å². The largest absolute Gasteiger partial charge is 0.394 e. The van der Waals surface area contributed by atoms with Gasteiger partial charge in [-0.1, -0.05) is 18.2 Å². The van der Waals surface area contributed by atoms with E-state index in [-0.39, 0.29) is 0 Å². The molecule has 10 nitrogen and oxygen atoms in total. The van der Waals surface area contributed by atoms with Crippen molar-refractivity contribution in [1.29, 1.82) is 0 Å². The number of fused-ring (bicyclic) bond motifs is 2. The zero-order valence-corrected chi connectivity index (χ0v) is 16.9. The summed E-state index contributed by atoms with van der Waals surface area (Å²) in [5.41, 5.74) is 1.68. The van der Waals surface area contributed by atoms with E-state index in [1.807, 2.05) is 24.4 Å². The molecular formula is C21H24N6O4. The first-order valence-electron chi connectivity index (χ1n) is 10.1. The number of nitrogens with zero attached hydrogens (tertiary/aromatic N) is 4. The first-order valence-corrected chi connectivity index (χ1v) is 10.1. The van der Waals surface area contributed by atoms with Gasteiger partial charge in [0.15, 0.2) is 23.2 Å². The molecule has 1 saturated heterocycles. The van der Waals surface area contributed by atoms with E-state index >= 15 is 0 Å². The van der Waals surface area contributed by atoms with E-state index in [0.29, 0.717) is 23.5 Å². The number of para-hydroxylation sites is 1. The van der Waals surface area contributed by atoms with Crippen LogP contribution in [0, 0.1) is 0 Å². The second-order valence-corrected chi connectivity index (χ2v) is 7.96. The van der Waals surface area contributed by atoms with Gasteiger partial charge in [-0.05, 0) is 25.0 Å². The van der Waals surface area contributed by atoms with E-state index in [9.17, 15) is 15.3 Å². The molecule has 162 valence electrons. The molecule has 4 aromatic rings. The minimum atomic E-state index is -1.62. The SMILES string of the molecule is C[C@@]1(O)[C@H](O)[C@@H](CO)O[C@H]1n1cnc2c(NCCc3c[nH]c4ccccc34)ncnc21. The molecule has 1 aliphatic heterocycles. The molecule has 0 radical (unpaired) electrons. The maximum absolute atomic E-state index is 10.8. The highest BCUT2D eigenvalue weighted by atomic mass is 16.6. The summed E-state index contributed by atoms with van der Waals surface area (Å²) in [5, 5.41) is 35.0. The van der Waals surface area contributed by atoms with Crippen molar-refractivity contribution in [3.05, 3.63) is 48.7 Å². The maximum atomic E-state index is 10.8. The van der Waals surface area contributed by atoms with Crippen LogP contribution in [0.5, 0.6) is 0 Å². The Bertz CT molecular complexity index is 1220. The molecule has 1 fully saturated rings. The second-order valence-electron chi connectivity index (χ2n) is 7.96. The number of aliphatic hydroxyl groups is 3. The van der Waals surface area contributed by atoms with E-state index in [4.69, 9.17) is 4.74 Å². The summed E-state index contributed by atoms with van der Waals surface area (Å²) >= 11 is 0. The number of nitrogens with one attached hydrogen (secondary N) is 2. The average Bonchev–Trinajstić information content (AvgIpc) is 3.44. The molecule has 1 aliphatic rings. The van der Waals surface area contributed by atoms with Crippen LogP contribution in [0.1, 0.15) is 18.7 Å². The lowest BCUT2D eigenvalue weighted by molar-refractivity contribution is -0.0950. The Morgan fingerprint density at radius 2 is 2.10 bits per heavy atom. The highest BCUT2D eigenvalue weighted by Gasteiger charge is 2.53. The molecule has 0 unspecified atom stereocenters. The van der Waals surface area contributed by atoms with Gasteiger partial charge in [0.05, 0.1) is 12.9 Å². The molecule has 10 heteroatoms. The third-order valence-corrected chi connectivity index (χ3v) is 5.91. The fourth-order valence-corrected chi connectivity index (χ4v) is 4.20. The number of benzene rings is 1. The Hall–Kier alpha value is -3.05. The highest BCUT2D eigenvalue weighted by molar-refractivity contribution is 5.84. The van der Waals surface area contributed by atoms with Gasteiger partial charge in [-0.3, -0.25) is 4.57 Å². The third kappa shape index (κ3) is 3.24. The number of ether oxygens (including phenoxy) is 1. The van der Waals surface area contributed by atoms with Gasteiger partial charge < -0.3 is 30.4 Å². The van der Waals surface area contributed by atoms with Gasteiger partial charge in [0.25, 0.3) is 0 Å². The van der Waals surface area contributed by atoms with Gasteiger partial charge in [0.2, 0.25) is 0 Å². The summed E-state index contributed by atoms with van der Waals surface area (Å²) < 4.78 is 7.25. The number of anilines is 1. The molecule has 0 spiro atoms. The van der Waals surface area contributed by atoms with Gasteiger partial charge in [0.1, 0.15) is 24.1 Å². The molecular weight excluding hydrogens is 400 g/mol. The van der Waals surface area contributed by atoms with Gasteiger partial charge in [-0.2, -0.15) is 0 Å². The molecule has 5 N–H and O–H groups in total. The van der Waals surface area contributed by atoms with Crippen molar-refractivity contribution in [1.82, 2.24) is 24.5 Å². The summed E-state index contributed by atoms with van der Waals surface area (Å²) in [6.07, 6.45) is 2.64. The number of imidazole rings is 1. The zero-order chi connectivity index (χ0) is 21.6. The lowest BCUT2D eigenvalue weighted by atomic mass is 9.96. The molecule has 31 heavy (non-hydrogen) atoms. The Kier molecular flexibility index (Phi) is 4.86. The highest BCUT2D eigenvalue weighted by Crippen LogP contribution is 2.39. The van der Waals surface area contributed by atoms with Gasteiger partial charge >= 0.3 is 0 Å². The molecule has 5 rings (SSSR count). The molecule has 0 amide bonds. The number of hydrogen-bond acceptors (Lipinski definition) is 8. The van der Waals surface area contributed by atoms with Crippen molar-refractivity contribution >= 4 is 27.9 Å². The van der Waals surface area contributed by atoms with E-state index < -0.39 is 30.6 Å². The topological polar surface area (TPSA) is 141 Å². The van der Waals surface area contributed by atoms with Crippen molar-refractivity contribution in [3.63, 3.8) is 0 Å². The van der Waals surface area contributed by atoms with Crippen LogP contribution in [0.4, 0.5) is 5.82 Å². The lowest BCUT2D eigenvalue weighted by Gasteiger charge is -2.27. The third-order valence-electron chi connectivity index (χ3n) is 5.91. The summed E-state index contributed by atoms with van der Waals surface area (Å²) in [5.74, 6) is 0.570. The Morgan fingerprint density at radius 3 is 2.90 bits per heavy atom. The number of rotatable bonds is 6. The standard InChI is InChI=1S/C21H24N6O4/c1-21(30)17(29)15(9-28)31-20(21)27-11-26-16-18(24-10-25-19(16)27)22-7-6-12-8-23-14-5-3-2-4-13(12)14/h2-5,8,10-11,15,17,20,23,28-30H,6-7,9H2,1H3,(H,22,24,25)/t15-,17-,20-,21-/m1/s1. The maximum Gasteiger partial charge on any atom is 0.168 e. The first-order chi connectivity index (χ1) is 15.0. The van der Waals surface area contributed by atoms with Crippen LogP contribution in [0.15, 0.2) is 43.1 Å². The molecule has 0 aliphatic carbocycles. The fraction of sp³-hybridized carbons (Fsp3) is 0.381. The first kappa shape index (κ1) is 19.9. The molecule has 4 atom stereocenters. The number of hydrogen-bond donors (Lipinski definition) is 5. The van der Waals surface area contributed by atoms with Gasteiger partial charge in [0, 0.05) is 23.6 Å². The average molecular weight is 424 g/mol. The number of aliphatic hydroxyl groups excluding tert-OH is 2. The molecule has 4 heterocycles. The normalized spacial score (nSPS) is 26.1. The number of aromatic amines is 1. The lowest BCUT2D eigenvalue weighted by Crippen LogP contribution is -2.44. The minimum absolute atomic E-state index is 0.407. The summed E-state index contributed by atoms with van der Waals surface area (Å²) in [6, 6.07) is 8.16. The molecule has 0 saturated carbocycles. The quantitative estimate of drug-likeness (QED) is 0.308. The van der Waals surface area contributed by atoms with Crippen molar-refractivity contribution in [2.45, 2.75) is 37.4 Å². The zero-order valence-electron chi connectivity index (χ0n) is 16.9. The fourth-order valence-electron chi connectivity index (χ4n) is 4.20. The van der Waals surface area contributed by atoms with Crippen LogP contribution in [0.3, 0.4) is 0 Å². The minimum Gasteiger partial charge on any atom is -0.394 e. The Labute approximate surface area is 177 Å². The molecule has 3 aromatic heterocycles. The van der Waals surface area contributed by atoms with Crippen molar-refractivity contribution in [2.24, 2.45) is 0 Å². The monoisotopic (exact) mass is 424 g/mol. The van der Waals surface area contributed by atoms with Crippen molar-refractivity contribution < 1.29 is 20.1 Å². The van der Waals surface area contributed by atoms with Crippen LogP contribution in [0.2, 0.25) is 0 Å². The second kappa shape index (κ2) is 7.57. The van der Waals surface area contributed by atoms with Crippen LogP contribution < -0.4 is 5.32 Å². The van der Waals surface area contributed by atoms with Gasteiger partial charge in [-0.15, -0.1) is 0 Å². The van der Waals surface area contributed by atoms with E-state index in [0.717, 1.165) is 11.9 Å².